The summed E-state index contributed by atoms with van der Waals surface area (Å²) in [6.07, 6.45) is 3.58. The molecule has 1 saturated heterocycles. The number of hydrogen-bond donors (Lipinski definition) is 2. The molecule has 176 valence electrons. The normalized spacial score (nSPS) is 15.7. The third-order valence-corrected chi connectivity index (χ3v) is 5.29. The molecule has 8 nitrogen and oxygen atoms in total. The minimum atomic E-state index is 0. The Morgan fingerprint density at radius 2 is 1.94 bits per heavy atom. The molecule has 1 aromatic carbocycles. The van der Waals surface area contributed by atoms with Crippen LogP contribution in [-0.4, -0.2) is 64.5 Å². The van der Waals surface area contributed by atoms with Crippen molar-refractivity contribution in [3.63, 3.8) is 0 Å². The number of aliphatic imine (C=N–C) groups is 1. The van der Waals surface area contributed by atoms with E-state index in [0.29, 0.717) is 23.1 Å². The average Bonchev–Trinajstić information content (AvgIpc) is 3.26. The predicted octanol–water partition coefficient (Wildman–Crippen LogP) is 3.58. The van der Waals surface area contributed by atoms with Crippen molar-refractivity contribution in [3.8, 4) is 17.2 Å². The molecule has 1 aliphatic rings. The standard InChI is InChI=1S/C22H30ClN5O3.HI/c1-24-22(27-16-7-10-28(15-16)21-20(23)6-4-8-25-21)26-9-5-11-31-19-13-17(29-2)12-18(14-19)30-3;/h4,6,8,12-14,16H,5,7,9-11,15H2,1-3H3,(H2,24,26,27);1H. The summed E-state index contributed by atoms with van der Waals surface area (Å²) in [6, 6.07) is 9.50. The largest absolute Gasteiger partial charge is 0.496 e. The number of methoxy groups -OCH3 is 2. The highest BCUT2D eigenvalue weighted by atomic mass is 127. The van der Waals surface area contributed by atoms with Crippen molar-refractivity contribution in [2.45, 2.75) is 18.9 Å². The first-order valence-electron chi connectivity index (χ1n) is 10.3. The smallest absolute Gasteiger partial charge is 0.191 e. The molecule has 0 radical (unpaired) electrons. The van der Waals surface area contributed by atoms with Crippen molar-refractivity contribution in [1.29, 1.82) is 0 Å². The molecular weight excluding hydrogens is 545 g/mol. The number of nitrogens with one attached hydrogen (secondary N) is 2. The van der Waals surface area contributed by atoms with Crippen molar-refractivity contribution in [3.05, 3.63) is 41.6 Å². The van der Waals surface area contributed by atoms with Crippen molar-refractivity contribution in [2.75, 3.05) is 52.4 Å². The molecule has 1 unspecified atom stereocenters. The highest BCUT2D eigenvalue weighted by Crippen LogP contribution is 2.27. The predicted molar refractivity (Wildman–Crippen MR) is 139 cm³/mol. The van der Waals surface area contributed by atoms with Gasteiger partial charge in [-0.2, -0.15) is 0 Å². The van der Waals surface area contributed by atoms with Crippen LogP contribution in [0.15, 0.2) is 41.5 Å². The van der Waals surface area contributed by atoms with Crippen LogP contribution in [0.2, 0.25) is 5.02 Å². The van der Waals surface area contributed by atoms with Gasteiger partial charge in [0.15, 0.2) is 5.96 Å². The molecule has 0 spiro atoms. The van der Waals surface area contributed by atoms with E-state index in [-0.39, 0.29) is 30.0 Å². The number of aromatic nitrogens is 1. The molecule has 2 heterocycles. The number of pyridine rings is 1. The summed E-state index contributed by atoms with van der Waals surface area (Å²) in [6.45, 7) is 3.04. The minimum absolute atomic E-state index is 0. The summed E-state index contributed by atoms with van der Waals surface area (Å²) >= 11 is 6.27. The topological polar surface area (TPSA) is 80.2 Å². The zero-order valence-electron chi connectivity index (χ0n) is 18.6. The summed E-state index contributed by atoms with van der Waals surface area (Å²) in [5, 5.41) is 7.50. The van der Waals surface area contributed by atoms with Gasteiger partial charge in [0.2, 0.25) is 0 Å². The van der Waals surface area contributed by atoms with Gasteiger partial charge in [-0.25, -0.2) is 4.98 Å². The van der Waals surface area contributed by atoms with E-state index in [1.807, 2.05) is 30.3 Å². The second kappa shape index (κ2) is 13.4. The molecule has 0 amide bonds. The van der Waals surface area contributed by atoms with E-state index < -0.39 is 0 Å². The van der Waals surface area contributed by atoms with E-state index in [2.05, 4.69) is 25.5 Å². The van der Waals surface area contributed by atoms with Gasteiger partial charge in [-0.1, -0.05) is 11.6 Å². The van der Waals surface area contributed by atoms with Gasteiger partial charge < -0.3 is 29.7 Å². The fraction of sp³-hybridized carbons (Fsp3) is 0.455. The Hall–Kier alpha value is -2.14. The quantitative estimate of drug-likeness (QED) is 0.205. The highest BCUT2D eigenvalue weighted by molar-refractivity contribution is 14.0. The number of rotatable bonds is 9. The number of ether oxygens (including phenoxy) is 3. The summed E-state index contributed by atoms with van der Waals surface area (Å²) in [5.41, 5.74) is 0. The van der Waals surface area contributed by atoms with Gasteiger partial charge in [-0.15, -0.1) is 24.0 Å². The molecule has 10 heteroatoms. The zero-order valence-corrected chi connectivity index (χ0v) is 21.7. The van der Waals surface area contributed by atoms with Crippen molar-refractivity contribution < 1.29 is 14.2 Å². The van der Waals surface area contributed by atoms with Crippen LogP contribution in [0, 0.1) is 0 Å². The van der Waals surface area contributed by atoms with Crippen LogP contribution in [0.4, 0.5) is 5.82 Å². The van der Waals surface area contributed by atoms with Gasteiger partial charge in [0, 0.05) is 57.1 Å². The molecule has 0 saturated carbocycles. The molecule has 2 aromatic rings. The molecule has 2 N–H and O–H groups in total. The Kier molecular flexibility index (Phi) is 10.9. The van der Waals surface area contributed by atoms with E-state index in [4.69, 9.17) is 25.8 Å². The molecule has 0 aliphatic carbocycles. The van der Waals surface area contributed by atoms with Crippen LogP contribution in [0.5, 0.6) is 17.2 Å². The Morgan fingerprint density at radius 1 is 1.22 bits per heavy atom. The maximum absolute atomic E-state index is 6.27. The van der Waals surface area contributed by atoms with Crippen LogP contribution < -0.4 is 29.7 Å². The number of hydrogen-bond acceptors (Lipinski definition) is 6. The molecule has 1 atom stereocenters. The van der Waals surface area contributed by atoms with Crippen LogP contribution >= 0.6 is 35.6 Å². The van der Waals surface area contributed by atoms with Crippen molar-refractivity contribution >= 4 is 47.4 Å². The van der Waals surface area contributed by atoms with Gasteiger partial charge in [0.1, 0.15) is 23.1 Å². The van der Waals surface area contributed by atoms with Gasteiger partial charge in [0.05, 0.1) is 25.8 Å². The van der Waals surface area contributed by atoms with Crippen LogP contribution in [0.25, 0.3) is 0 Å². The first-order chi connectivity index (χ1) is 15.1. The number of nitrogens with zero attached hydrogens (tertiary/aromatic N) is 3. The fourth-order valence-corrected chi connectivity index (χ4v) is 3.64. The summed E-state index contributed by atoms with van der Waals surface area (Å²) in [4.78, 5) is 10.9. The van der Waals surface area contributed by atoms with Crippen molar-refractivity contribution in [2.24, 2.45) is 4.99 Å². The molecular formula is C22H31ClIN5O3. The lowest BCUT2D eigenvalue weighted by molar-refractivity contribution is 0.305. The molecule has 1 fully saturated rings. The second-order valence-corrected chi connectivity index (χ2v) is 7.54. The third kappa shape index (κ3) is 7.47. The van der Waals surface area contributed by atoms with Crippen LogP contribution in [-0.2, 0) is 0 Å². The maximum Gasteiger partial charge on any atom is 0.191 e. The third-order valence-electron chi connectivity index (χ3n) is 5.00. The molecule has 1 aliphatic heterocycles. The van der Waals surface area contributed by atoms with Crippen molar-refractivity contribution in [1.82, 2.24) is 15.6 Å². The highest BCUT2D eigenvalue weighted by Gasteiger charge is 2.25. The Labute approximate surface area is 211 Å². The van der Waals surface area contributed by atoms with E-state index in [9.17, 15) is 0 Å². The SMILES string of the molecule is CN=C(NCCCOc1cc(OC)cc(OC)c1)NC1CCN(c2ncccc2Cl)C1.I. The summed E-state index contributed by atoms with van der Waals surface area (Å²) in [7, 11) is 5.02. The monoisotopic (exact) mass is 575 g/mol. The molecule has 32 heavy (non-hydrogen) atoms. The van der Waals surface area contributed by atoms with Gasteiger partial charge in [-0.3, -0.25) is 4.99 Å². The molecule has 0 bridgehead atoms. The van der Waals surface area contributed by atoms with Crippen LogP contribution in [0.1, 0.15) is 12.8 Å². The maximum atomic E-state index is 6.27. The number of anilines is 1. The van der Waals surface area contributed by atoms with E-state index in [1.165, 1.54) is 0 Å². The first-order valence-corrected chi connectivity index (χ1v) is 10.7. The zero-order chi connectivity index (χ0) is 22.1. The number of guanidine groups is 1. The lowest BCUT2D eigenvalue weighted by Gasteiger charge is -2.20. The summed E-state index contributed by atoms with van der Waals surface area (Å²) in [5.74, 6) is 3.74. The Bertz CT molecular complexity index is 864. The van der Waals surface area contributed by atoms with Gasteiger partial charge in [0.25, 0.3) is 0 Å². The summed E-state index contributed by atoms with van der Waals surface area (Å²) < 4.78 is 16.4. The van der Waals surface area contributed by atoms with E-state index in [0.717, 1.165) is 50.0 Å². The average molecular weight is 576 g/mol. The first kappa shape index (κ1) is 26.1. The van der Waals surface area contributed by atoms with Crippen LogP contribution in [0.3, 0.4) is 0 Å². The minimum Gasteiger partial charge on any atom is -0.496 e. The number of halogens is 2. The van der Waals surface area contributed by atoms with Gasteiger partial charge >= 0.3 is 0 Å². The lowest BCUT2D eigenvalue weighted by atomic mass is 10.3. The second-order valence-electron chi connectivity index (χ2n) is 7.13. The molecule has 3 rings (SSSR count). The molecule has 1 aromatic heterocycles. The Balaban J connectivity index is 0.00000363. The van der Waals surface area contributed by atoms with Gasteiger partial charge in [-0.05, 0) is 25.0 Å². The van der Waals surface area contributed by atoms with E-state index >= 15 is 0 Å². The van der Waals surface area contributed by atoms with E-state index in [1.54, 1.807) is 27.5 Å². The lowest BCUT2D eigenvalue weighted by Crippen LogP contribution is -2.45. The fourth-order valence-electron chi connectivity index (χ4n) is 3.40. The number of benzene rings is 1. The Morgan fingerprint density at radius 3 is 2.59 bits per heavy atom.